The third kappa shape index (κ3) is 6.24. The SMILES string of the molecule is COc1ccc(C(O)CNC(=O)CCCOc2ccc(Cl)c(C)c2)cc1. The normalized spacial score (nSPS) is 11.7. The summed E-state index contributed by atoms with van der Waals surface area (Å²) in [6.07, 6.45) is 0.173. The molecule has 5 nitrogen and oxygen atoms in total. The second kappa shape index (κ2) is 10.0. The standard InChI is InChI=1S/C20H24ClNO4/c1-14-12-17(9-10-18(14)21)26-11-3-4-20(24)22-13-19(23)15-5-7-16(25-2)8-6-15/h5-10,12,19,23H,3-4,11,13H2,1-2H3,(H,22,24). The summed E-state index contributed by atoms with van der Waals surface area (Å²) in [7, 11) is 1.59. The van der Waals surface area contributed by atoms with Crippen LogP contribution in [0.3, 0.4) is 0 Å². The number of amides is 1. The highest BCUT2D eigenvalue weighted by Crippen LogP contribution is 2.21. The van der Waals surface area contributed by atoms with Crippen LogP contribution in [0, 0.1) is 6.92 Å². The van der Waals surface area contributed by atoms with E-state index in [1.165, 1.54) is 0 Å². The van der Waals surface area contributed by atoms with Crippen LogP contribution >= 0.6 is 11.6 Å². The van der Waals surface area contributed by atoms with Gasteiger partial charge in [-0.3, -0.25) is 4.79 Å². The third-order valence-corrected chi connectivity index (χ3v) is 4.36. The van der Waals surface area contributed by atoms with Crippen molar-refractivity contribution in [2.24, 2.45) is 0 Å². The maximum absolute atomic E-state index is 11.9. The Balaban J connectivity index is 1.65. The fourth-order valence-corrected chi connectivity index (χ4v) is 2.49. The van der Waals surface area contributed by atoms with Crippen LogP contribution in [0.15, 0.2) is 42.5 Å². The van der Waals surface area contributed by atoms with E-state index >= 15 is 0 Å². The highest BCUT2D eigenvalue weighted by atomic mass is 35.5. The maximum atomic E-state index is 11.9. The molecule has 0 aromatic heterocycles. The minimum Gasteiger partial charge on any atom is -0.497 e. The lowest BCUT2D eigenvalue weighted by Crippen LogP contribution is -2.28. The predicted molar refractivity (Wildman–Crippen MR) is 102 cm³/mol. The van der Waals surface area contributed by atoms with Crippen LogP contribution in [0.25, 0.3) is 0 Å². The molecule has 140 valence electrons. The molecule has 0 spiro atoms. The molecule has 0 aliphatic heterocycles. The van der Waals surface area contributed by atoms with Gasteiger partial charge in [0, 0.05) is 18.0 Å². The smallest absolute Gasteiger partial charge is 0.220 e. The number of carbonyl (C=O) groups excluding carboxylic acids is 1. The van der Waals surface area contributed by atoms with Gasteiger partial charge in [0.25, 0.3) is 0 Å². The number of aliphatic hydroxyl groups excluding tert-OH is 1. The van der Waals surface area contributed by atoms with Gasteiger partial charge in [0.05, 0.1) is 19.8 Å². The minimum atomic E-state index is -0.752. The molecular formula is C20H24ClNO4. The number of methoxy groups -OCH3 is 1. The largest absolute Gasteiger partial charge is 0.497 e. The van der Waals surface area contributed by atoms with Gasteiger partial charge in [-0.25, -0.2) is 0 Å². The molecule has 0 fully saturated rings. The van der Waals surface area contributed by atoms with Gasteiger partial charge in [-0.2, -0.15) is 0 Å². The van der Waals surface area contributed by atoms with Gasteiger partial charge in [-0.1, -0.05) is 23.7 Å². The Labute approximate surface area is 158 Å². The molecule has 0 aliphatic rings. The van der Waals surface area contributed by atoms with Crippen LogP contribution in [0.2, 0.25) is 5.02 Å². The van der Waals surface area contributed by atoms with Gasteiger partial charge in [-0.05, 0) is 54.8 Å². The number of aryl methyl sites for hydroxylation is 1. The van der Waals surface area contributed by atoms with Crippen LogP contribution in [-0.4, -0.2) is 31.3 Å². The molecule has 1 unspecified atom stereocenters. The molecule has 0 bridgehead atoms. The van der Waals surface area contributed by atoms with Crippen LogP contribution in [0.5, 0.6) is 11.5 Å². The molecular weight excluding hydrogens is 354 g/mol. The van der Waals surface area contributed by atoms with Gasteiger partial charge >= 0.3 is 0 Å². The monoisotopic (exact) mass is 377 g/mol. The molecule has 0 saturated heterocycles. The average molecular weight is 378 g/mol. The topological polar surface area (TPSA) is 67.8 Å². The van der Waals surface area contributed by atoms with E-state index in [9.17, 15) is 9.90 Å². The Morgan fingerprint density at radius 1 is 1.19 bits per heavy atom. The van der Waals surface area contributed by atoms with E-state index in [1.807, 2.05) is 13.0 Å². The van der Waals surface area contributed by atoms with Crippen LogP contribution in [0.4, 0.5) is 0 Å². The number of hydrogen-bond acceptors (Lipinski definition) is 4. The second-order valence-electron chi connectivity index (χ2n) is 5.96. The van der Waals surface area contributed by atoms with Gasteiger partial charge in [0.15, 0.2) is 0 Å². The molecule has 0 aliphatic carbocycles. The summed E-state index contributed by atoms with van der Waals surface area (Å²) in [5, 5.41) is 13.5. The summed E-state index contributed by atoms with van der Waals surface area (Å²) >= 11 is 5.97. The number of ether oxygens (including phenoxy) is 2. The zero-order chi connectivity index (χ0) is 18.9. The summed E-state index contributed by atoms with van der Waals surface area (Å²) < 4.78 is 10.7. The van der Waals surface area contributed by atoms with Crippen molar-refractivity contribution in [3.05, 3.63) is 58.6 Å². The number of halogens is 1. The molecule has 26 heavy (non-hydrogen) atoms. The van der Waals surface area contributed by atoms with Crippen molar-refractivity contribution in [1.29, 1.82) is 0 Å². The molecule has 0 saturated carbocycles. The van der Waals surface area contributed by atoms with Crippen molar-refractivity contribution in [1.82, 2.24) is 5.32 Å². The lowest BCUT2D eigenvalue weighted by atomic mass is 10.1. The molecule has 2 aromatic carbocycles. The number of hydrogen-bond donors (Lipinski definition) is 2. The first kappa shape index (κ1) is 20.1. The summed E-state index contributed by atoms with van der Waals surface area (Å²) in [5.74, 6) is 1.34. The molecule has 2 rings (SSSR count). The first-order valence-corrected chi connectivity index (χ1v) is 8.85. The third-order valence-electron chi connectivity index (χ3n) is 3.94. The van der Waals surface area contributed by atoms with Crippen LogP contribution < -0.4 is 14.8 Å². The second-order valence-corrected chi connectivity index (χ2v) is 6.36. The van der Waals surface area contributed by atoms with E-state index in [0.29, 0.717) is 24.5 Å². The number of benzene rings is 2. The molecule has 6 heteroatoms. The van der Waals surface area contributed by atoms with Crippen molar-refractivity contribution in [2.45, 2.75) is 25.9 Å². The maximum Gasteiger partial charge on any atom is 0.220 e. The predicted octanol–water partition coefficient (Wildman–Crippen LogP) is 3.67. The van der Waals surface area contributed by atoms with Gasteiger partial charge < -0.3 is 19.9 Å². The molecule has 1 atom stereocenters. The number of nitrogens with one attached hydrogen (secondary N) is 1. The summed E-state index contributed by atoms with van der Waals surface area (Å²) in [6, 6.07) is 12.6. The van der Waals surface area contributed by atoms with Crippen LogP contribution in [-0.2, 0) is 4.79 Å². The molecule has 1 amide bonds. The van der Waals surface area contributed by atoms with Crippen molar-refractivity contribution < 1.29 is 19.4 Å². The van der Waals surface area contributed by atoms with E-state index in [4.69, 9.17) is 21.1 Å². The van der Waals surface area contributed by atoms with E-state index < -0.39 is 6.10 Å². The van der Waals surface area contributed by atoms with Crippen molar-refractivity contribution >= 4 is 17.5 Å². The van der Waals surface area contributed by atoms with E-state index in [-0.39, 0.29) is 12.5 Å². The fourth-order valence-electron chi connectivity index (χ4n) is 2.37. The zero-order valence-electron chi connectivity index (χ0n) is 15.0. The van der Waals surface area contributed by atoms with Crippen molar-refractivity contribution in [3.63, 3.8) is 0 Å². The van der Waals surface area contributed by atoms with Crippen molar-refractivity contribution in [3.8, 4) is 11.5 Å². The summed E-state index contributed by atoms with van der Waals surface area (Å²) in [4.78, 5) is 11.9. The Morgan fingerprint density at radius 2 is 1.88 bits per heavy atom. The Hall–Kier alpha value is -2.24. The first-order valence-electron chi connectivity index (χ1n) is 8.47. The lowest BCUT2D eigenvalue weighted by Gasteiger charge is -2.13. The highest BCUT2D eigenvalue weighted by molar-refractivity contribution is 6.31. The number of rotatable bonds is 9. The molecule has 0 radical (unpaired) electrons. The first-order chi connectivity index (χ1) is 12.5. The quantitative estimate of drug-likeness (QED) is 0.654. The lowest BCUT2D eigenvalue weighted by molar-refractivity contribution is -0.121. The summed E-state index contributed by atoms with van der Waals surface area (Å²) in [6.45, 7) is 2.52. The Bertz CT molecular complexity index is 718. The Morgan fingerprint density at radius 3 is 2.54 bits per heavy atom. The Kier molecular flexibility index (Phi) is 7.75. The molecule has 0 heterocycles. The summed E-state index contributed by atoms with van der Waals surface area (Å²) in [5.41, 5.74) is 1.68. The van der Waals surface area contributed by atoms with E-state index in [1.54, 1.807) is 43.5 Å². The highest BCUT2D eigenvalue weighted by Gasteiger charge is 2.10. The van der Waals surface area contributed by atoms with Crippen molar-refractivity contribution in [2.75, 3.05) is 20.3 Å². The van der Waals surface area contributed by atoms with Gasteiger partial charge in [-0.15, -0.1) is 0 Å². The fraction of sp³-hybridized carbons (Fsp3) is 0.350. The van der Waals surface area contributed by atoms with Gasteiger partial charge in [0.2, 0.25) is 5.91 Å². The van der Waals surface area contributed by atoms with E-state index in [0.717, 1.165) is 22.6 Å². The zero-order valence-corrected chi connectivity index (χ0v) is 15.8. The minimum absolute atomic E-state index is 0.117. The van der Waals surface area contributed by atoms with E-state index in [2.05, 4.69) is 5.32 Å². The number of carbonyl (C=O) groups is 1. The average Bonchev–Trinajstić information content (AvgIpc) is 2.66. The number of aliphatic hydroxyl groups is 1. The van der Waals surface area contributed by atoms with Gasteiger partial charge in [0.1, 0.15) is 11.5 Å². The van der Waals surface area contributed by atoms with Crippen LogP contribution in [0.1, 0.15) is 30.1 Å². The molecule has 2 N–H and O–H groups in total. The molecule has 2 aromatic rings.